The Balaban J connectivity index is 0.971. The maximum Gasteiger partial charge on any atom is 0.143 e. The first-order valence-corrected chi connectivity index (χ1v) is 21.1. The lowest BCUT2D eigenvalue weighted by atomic mass is 9.92. The molecule has 0 saturated carbocycles. The number of nitrogens with zero attached hydrogens (tertiary/aromatic N) is 2. The predicted octanol–water partition coefficient (Wildman–Crippen LogP) is 15.7. The van der Waals surface area contributed by atoms with E-state index < -0.39 is 0 Å². The zero-order valence-corrected chi connectivity index (χ0v) is 33.4. The van der Waals surface area contributed by atoms with Crippen molar-refractivity contribution in [2.75, 3.05) is 4.90 Å². The Morgan fingerprint density at radius 1 is 0.459 bits per heavy atom. The molecule has 0 fully saturated rings. The lowest BCUT2D eigenvalue weighted by molar-refractivity contribution is 0.670. The van der Waals surface area contributed by atoms with Gasteiger partial charge in [-0.2, -0.15) is 0 Å². The van der Waals surface area contributed by atoms with Gasteiger partial charge in [0.15, 0.2) is 0 Å². The molecule has 0 spiro atoms. The molecule has 3 nitrogen and oxygen atoms in total. The number of rotatable bonds is 7. The van der Waals surface area contributed by atoms with Crippen LogP contribution in [0.3, 0.4) is 0 Å². The Labute approximate surface area is 354 Å². The van der Waals surface area contributed by atoms with Crippen molar-refractivity contribution in [2.45, 2.75) is 12.5 Å². The standard InChI is InChI=1S/C58H40N2O/c1-2-18-46-39(14-1)15-12-23-47(46)40-30-34-43(35-31-40)59(44-36-32-41(33-37-44)49-24-13-25-53-52-22-6-10-29-57(52)61-58(49)53)45-17-11-16-42(38-45)48-19-3-7-26-54(48)60-55-27-8-4-20-50(55)51-21-5-9-28-56(51)60/h1-34,36-38,43H,35H2. The Morgan fingerprint density at radius 3 is 1.89 bits per heavy atom. The zero-order valence-electron chi connectivity index (χ0n) is 33.4. The van der Waals surface area contributed by atoms with Crippen LogP contribution in [0.2, 0.25) is 0 Å². The van der Waals surface area contributed by atoms with Crippen molar-refractivity contribution in [3.8, 4) is 27.9 Å². The molecule has 1 aliphatic carbocycles. The average Bonchev–Trinajstić information content (AvgIpc) is 3.88. The third kappa shape index (κ3) is 5.89. The van der Waals surface area contributed by atoms with E-state index in [9.17, 15) is 0 Å². The molecule has 12 rings (SSSR count). The summed E-state index contributed by atoms with van der Waals surface area (Å²) in [7, 11) is 0. The molecule has 1 aliphatic rings. The molecule has 0 amide bonds. The zero-order chi connectivity index (χ0) is 40.3. The van der Waals surface area contributed by atoms with Crippen LogP contribution in [0.25, 0.3) is 88.0 Å². The number of hydrogen-bond acceptors (Lipinski definition) is 2. The highest BCUT2D eigenvalue weighted by molar-refractivity contribution is 6.11. The number of fused-ring (bicyclic) bond motifs is 7. The van der Waals surface area contributed by atoms with Crippen molar-refractivity contribution in [1.29, 1.82) is 0 Å². The second-order valence-corrected chi connectivity index (χ2v) is 16.0. The van der Waals surface area contributed by atoms with Crippen LogP contribution in [0, 0.1) is 0 Å². The Morgan fingerprint density at radius 2 is 1.08 bits per heavy atom. The fourth-order valence-corrected chi connectivity index (χ4v) is 9.70. The van der Waals surface area contributed by atoms with E-state index in [1.54, 1.807) is 0 Å². The molecule has 11 aromatic rings. The van der Waals surface area contributed by atoms with Crippen LogP contribution in [0.1, 0.15) is 12.0 Å². The highest BCUT2D eigenvalue weighted by Crippen LogP contribution is 2.41. The van der Waals surface area contributed by atoms with Gasteiger partial charge >= 0.3 is 0 Å². The van der Waals surface area contributed by atoms with Gasteiger partial charge in [0.1, 0.15) is 11.2 Å². The molecule has 288 valence electrons. The van der Waals surface area contributed by atoms with E-state index in [1.807, 2.05) is 12.1 Å². The first-order valence-electron chi connectivity index (χ1n) is 21.1. The third-order valence-corrected chi connectivity index (χ3v) is 12.5. The fourth-order valence-electron chi connectivity index (χ4n) is 9.70. The monoisotopic (exact) mass is 780 g/mol. The highest BCUT2D eigenvalue weighted by atomic mass is 16.3. The molecule has 0 aliphatic heterocycles. The van der Waals surface area contributed by atoms with Crippen LogP contribution in [-0.2, 0) is 0 Å². The quantitative estimate of drug-likeness (QED) is 0.161. The number of aromatic nitrogens is 1. The van der Waals surface area contributed by atoms with Crippen molar-refractivity contribution >= 4 is 71.5 Å². The minimum absolute atomic E-state index is 0.0891. The molecular formula is C58H40N2O. The summed E-state index contributed by atoms with van der Waals surface area (Å²) in [6.45, 7) is 0. The second kappa shape index (κ2) is 14.4. The summed E-state index contributed by atoms with van der Waals surface area (Å²) >= 11 is 0. The topological polar surface area (TPSA) is 21.3 Å². The van der Waals surface area contributed by atoms with Crippen LogP contribution in [-0.4, -0.2) is 10.6 Å². The maximum atomic E-state index is 6.46. The molecule has 61 heavy (non-hydrogen) atoms. The minimum atomic E-state index is 0.0891. The SMILES string of the molecule is C1=CC(N(c2ccc(-c3cccc4c3oc3ccccc34)cc2)c2cccc(-c3ccccc3-n3c4ccccc4c4ccccc43)c2)CC=C1c1cccc2ccccc12. The predicted molar refractivity (Wildman–Crippen MR) is 257 cm³/mol. The van der Waals surface area contributed by atoms with Crippen molar-refractivity contribution < 1.29 is 4.42 Å². The van der Waals surface area contributed by atoms with Crippen LogP contribution >= 0.6 is 0 Å². The summed E-state index contributed by atoms with van der Waals surface area (Å²) in [6.07, 6.45) is 7.98. The smallest absolute Gasteiger partial charge is 0.143 e. The van der Waals surface area contributed by atoms with E-state index in [0.29, 0.717) is 0 Å². The highest BCUT2D eigenvalue weighted by Gasteiger charge is 2.23. The first-order chi connectivity index (χ1) is 30.3. The molecule has 0 saturated heterocycles. The first kappa shape index (κ1) is 35.1. The summed E-state index contributed by atoms with van der Waals surface area (Å²) in [5.74, 6) is 0. The van der Waals surface area contributed by atoms with Crippen LogP contribution < -0.4 is 4.90 Å². The molecule has 1 atom stereocenters. The van der Waals surface area contributed by atoms with Crippen LogP contribution in [0.15, 0.2) is 229 Å². The van der Waals surface area contributed by atoms with E-state index in [2.05, 4.69) is 222 Å². The number of para-hydroxylation sites is 5. The molecule has 9 aromatic carbocycles. The van der Waals surface area contributed by atoms with E-state index in [0.717, 1.165) is 56.5 Å². The van der Waals surface area contributed by atoms with E-state index in [1.165, 1.54) is 54.8 Å². The normalized spacial score (nSPS) is 14.0. The molecule has 1 unspecified atom stereocenters. The fraction of sp³-hybridized carbons (Fsp3) is 0.0345. The Kier molecular flexibility index (Phi) is 8.31. The summed E-state index contributed by atoms with van der Waals surface area (Å²) in [5.41, 5.74) is 14.8. The van der Waals surface area contributed by atoms with Gasteiger partial charge in [-0.1, -0.05) is 176 Å². The average molecular weight is 781 g/mol. The van der Waals surface area contributed by atoms with Crippen LogP contribution in [0.5, 0.6) is 0 Å². The Hall–Kier alpha value is -7.88. The van der Waals surface area contributed by atoms with E-state index >= 15 is 0 Å². The summed E-state index contributed by atoms with van der Waals surface area (Å²) < 4.78 is 8.89. The molecule has 2 aromatic heterocycles. The summed E-state index contributed by atoms with van der Waals surface area (Å²) in [4.78, 5) is 2.50. The number of anilines is 2. The number of allylic oxidation sites excluding steroid dienone is 2. The lowest BCUT2D eigenvalue weighted by Gasteiger charge is -2.34. The minimum Gasteiger partial charge on any atom is -0.455 e. The third-order valence-electron chi connectivity index (χ3n) is 12.5. The summed E-state index contributed by atoms with van der Waals surface area (Å²) in [5, 5.41) is 7.33. The van der Waals surface area contributed by atoms with Gasteiger partial charge in [0.2, 0.25) is 0 Å². The molecule has 0 N–H and O–H groups in total. The van der Waals surface area contributed by atoms with Gasteiger partial charge in [0.25, 0.3) is 0 Å². The molecular weight excluding hydrogens is 741 g/mol. The van der Waals surface area contributed by atoms with Crippen molar-refractivity contribution in [3.63, 3.8) is 0 Å². The molecule has 0 radical (unpaired) electrons. The summed E-state index contributed by atoms with van der Waals surface area (Å²) in [6, 6.07) is 74.5. The number of hydrogen-bond donors (Lipinski definition) is 0. The van der Waals surface area contributed by atoms with Gasteiger partial charge in [-0.3, -0.25) is 0 Å². The van der Waals surface area contributed by atoms with Gasteiger partial charge in [-0.15, -0.1) is 0 Å². The van der Waals surface area contributed by atoms with Crippen molar-refractivity contribution in [2.24, 2.45) is 0 Å². The van der Waals surface area contributed by atoms with Gasteiger partial charge in [0, 0.05) is 44.0 Å². The van der Waals surface area contributed by atoms with Gasteiger partial charge in [-0.05, 0) is 88.0 Å². The number of furan rings is 1. The molecule has 2 heterocycles. The van der Waals surface area contributed by atoms with Crippen molar-refractivity contribution in [3.05, 3.63) is 230 Å². The Bertz CT molecular complexity index is 3470. The van der Waals surface area contributed by atoms with Gasteiger partial charge in [-0.25, -0.2) is 0 Å². The van der Waals surface area contributed by atoms with E-state index in [4.69, 9.17) is 4.42 Å². The maximum absolute atomic E-state index is 6.46. The molecule has 0 bridgehead atoms. The van der Waals surface area contributed by atoms with E-state index in [-0.39, 0.29) is 6.04 Å². The van der Waals surface area contributed by atoms with Crippen molar-refractivity contribution in [1.82, 2.24) is 4.57 Å². The van der Waals surface area contributed by atoms with Gasteiger partial charge < -0.3 is 13.9 Å². The van der Waals surface area contributed by atoms with Gasteiger partial charge in [0.05, 0.1) is 22.8 Å². The largest absolute Gasteiger partial charge is 0.455 e. The number of benzene rings is 9. The van der Waals surface area contributed by atoms with Crippen LogP contribution in [0.4, 0.5) is 11.4 Å². The second-order valence-electron chi connectivity index (χ2n) is 16.0. The lowest BCUT2D eigenvalue weighted by Crippen LogP contribution is -2.30. The molecule has 3 heteroatoms.